The number of aryl methyl sites for hydroxylation is 1. The molecule has 2 aliphatic heterocycles. The van der Waals surface area contributed by atoms with Crippen molar-refractivity contribution in [2.45, 2.75) is 88.9 Å². The van der Waals surface area contributed by atoms with E-state index in [1.54, 1.807) is 7.11 Å². The van der Waals surface area contributed by atoms with Gasteiger partial charge in [-0.2, -0.15) is 0 Å². The summed E-state index contributed by atoms with van der Waals surface area (Å²) in [5.74, 6) is 0.575. The van der Waals surface area contributed by atoms with Crippen LogP contribution in [0.3, 0.4) is 0 Å². The Hall–Kier alpha value is -4.83. The molecule has 60 heavy (non-hydrogen) atoms. The summed E-state index contributed by atoms with van der Waals surface area (Å²) in [6.07, 6.45) is -1.31. The highest BCUT2D eigenvalue weighted by Gasteiger charge is 2.61. The monoisotopic (exact) mass is 824 g/mol. The number of benzene rings is 6. The van der Waals surface area contributed by atoms with E-state index in [2.05, 4.69) is 85.8 Å². The van der Waals surface area contributed by atoms with Crippen molar-refractivity contribution in [3.05, 3.63) is 207 Å². The first kappa shape index (κ1) is 41.9. The first-order valence-electron chi connectivity index (χ1n) is 20.9. The third kappa shape index (κ3) is 10.0. The van der Waals surface area contributed by atoms with Crippen LogP contribution in [0.5, 0.6) is 5.75 Å². The first-order valence-corrected chi connectivity index (χ1v) is 21.3. The van der Waals surface area contributed by atoms with Crippen LogP contribution < -0.4 is 4.74 Å². The van der Waals surface area contributed by atoms with Crippen molar-refractivity contribution in [2.75, 3.05) is 13.7 Å². The fraction of sp³-hybridized carbons (Fsp3) is 0.308. The molecule has 8 rings (SSSR count). The van der Waals surface area contributed by atoms with Gasteiger partial charge in [0.2, 0.25) is 6.29 Å². The normalized spacial score (nSPS) is 22.3. The summed E-state index contributed by atoms with van der Waals surface area (Å²) < 4.78 is 48.1. The van der Waals surface area contributed by atoms with Gasteiger partial charge in [0.15, 0.2) is 0 Å². The third-order valence-corrected chi connectivity index (χ3v) is 11.8. The van der Waals surface area contributed by atoms with Crippen LogP contribution in [0, 0.1) is 0 Å². The summed E-state index contributed by atoms with van der Waals surface area (Å²) >= 11 is 7.13. The summed E-state index contributed by atoms with van der Waals surface area (Å²) in [6, 6.07) is 53.5. The molecule has 1 spiro atoms. The standard InChI is InChI=1S/C52H53ClO7/c1-3-37-24-26-38(27-25-37)28-43-29-44-46(30-45(43)53)59-48(54-2)31-52(44)51(58-35-42-22-14-7-15-23-42)50(57-34-41-20-12-6-13-21-41)49(56-33-40-18-10-5-11-19-40)47(60-52)36-55-32-39-16-8-4-9-17-39/h4-27,29-30,47-51H,3,28,31-36H2,1-2H3/t47-,48?,49-,50+,51-,52+/m1/s1. The van der Waals surface area contributed by atoms with E-state index in [0.717, 1.165) is 45.4 Å². The van der Waals surface area contributed by atoms with Crippen LogP contribution >= 0.6 is 11.6 Å². The van der Waals surface area contributed by atoms with Crippen LogP contribution in [-0.4, -0.2) is 44.4 Å². The predicted octanol–water partition coefficient (Wildman–Crippen LogP) is 10.8. The van der Waals surface area contributed by atoms with Crippen LogP contribution in [0.1, 0.15) is 57.9 Å². The van der Waals surface area contributed by atoms with Crippen molar-refractivity contribution in [2.24, 2.45) is 0 Å². The summed E-state index contributed by atoms with van der Waals surface area (Å²) in [4.78, 5) is 0. The van der Waals surface area contributed by atoms with E-state index >= 15 is 0 Å². The average Bonchev–Trinajstić information content (AvgIpc) is 3.29. The quantitative estimate of drug-likeness (QED) is 0.0907. The van der Waals surface area contributed by atoms with Gasteiger partial charge in [0, 0.05) is 24.1 Å². The fourth-order valence-electron chi connectivity index (χ4n) is 8.29. The third-order valence-electron chi connectivity index (χ3n) is 11.5. The summed E-state index contributed by atoms with van der Waals surface area (Å²) in [5.41, 5.74) is 7.21. The lowest BCUT2D eigenvalue weighted by molar-refractivity contribution is -0.328. The molecule has 0 bridgehead atoms. The number of halogens is 1. The second kappa shape index (κ2) is 20.2. The number of ether oxygens (including phenoxy) is 7. The highest BCUT2D eigenvalue weighted by atomic mass is 35.5. The number of rotatable bonds is 17. The highest BCUT2D eigenvalue weighted by molar-refractivity contribution is 6.31. The molecule has 0 aliphatic carbocycles. The van der Waals surface area contributed by atoms with Crippen molar-refractivity contribution in [1.82, 2.24) is 0 Å². The van der Waals surface area contributed by atoms with Crippen molar-refractivity contribution < 1.29 is 33.2 Å². The minimum atomic E-state index is -1.15. The van der Waals surface area contributed by atoms with Crippen LogP contribution in [0.25, 0.3) is 0 Å². The molecule has 0 N–H and O–H groups in total. The zero-order valence-electron chi connectivity index (χ0n) is 34.3. The maximum absolute atomic E-state index is 7.61. The minimum absolute atomic E-state index is 0.227. The lowest BCUT2D eigenvalue weighted by Gasteiger charge is -2.55. The number of methoxy groups -OCH3 is 1. The second-order valence-corrected chi connectivity index (χ2v) is 16.0. The summed E-state index contributed by atoms with van der Waals surface area (Å²) in [6.45, 7) is 3.76. The van der Waals surface area contributed by atoms with Gasteiger partial charge in [0.25, 0.3) is 0 Å². The van der Waals surface area contributed by atoms with Gasteiger partial charge >= 0.3 is 0 Å². The lowest BCUT2D eigenvalue weighted by atomic mass is 9.75. The van der Waals surface area contributed by atoms with Gasteiger partial charge in [-0.1, -0.05) is 164 Å². The highest BCUT2D eigenvalue weighted by Crippen LogP contribution is 2.53. The van der Waals surface area contributed by atoms with Gasteiger partial charge in [0.05, 0.1) is 33.0 Å². The molecule has 2 aliphatic rings. The van der Waals surface area contributed by atoms with E-state index in [1.807, 2.05) is 78.9 Å². The van der Waals surface area contributed by atoms with Crippen LogP contribution in [-0.2, 0) is 73.3 Å². The van der Waals surface area contributed by atoms with Crippen molar-refractivity contribution in [1.29, 1.82) is 0 Å². The van der Waals surface area contributed by atoms with E-state index in [-0.39, 0.29) is 6.61 Å². The molecular formula is C52H53ClO7. The Morgan fingerprint density at radius 3 is 1.67 bits per heavy atom. The van der Waals surface area contributed by atoms with E-state index in [9.17, 15) is 0 Å². The molecular weight excluding hydrogens is 772 g/mol. The molecule has 0 radical (unpaired) electrons. The lowest BCUT2D eigenvalue weighted by Crippen LogP contribution is -2.67. The number of fused-ring (bicyclic) bond motifs is 2. The van der Waals surface area contributed by atoms with Crippen molar-refractivity contribution in [3.63, 3.8) is 0 Å². The molecule has 1 unspecified atom stereocenters. The average molecular weight is 825 g/mol. The second-order valence-electron chi connectivity index (χ2n) is 15.6. The fourth-order valence-corrected chi connectivity index (χ4v) is 8.51. The van der Waals surface area contributed by atoms with Gasteiger partial charge in [-0.3, -0.25) is 0 Å². The SMILES string of the molecule is CCc1ccc(Cc2cc3c(cc2Cl)OC(OC)C[C@]32O[C@H](COCc3ccccc3)[C@@H](OCc3ccccc3)[C@H](OCc3ccccc3)[C@H]2OCc2ccccc2)cc1. The van der Waals surface area contributed by atoms with Gasteiger partial charge in [0.1, 0.15) is 35.8 Å². The minimum Gasteiger partial charge on any atom is -0.464 e. The van der Waals surface area contributed by atoms with Crippen LogP contribution in [0.15, 0.2) is 158 Å². The molecule has 0 amide bonds. The Balaban J connectivity index is 1.25. The molecule has 8 heteroatoms. The zero-order valence-corrected chi connectivity index (χ0v) is 35.0. The largest absolute Gasteiger partial charge is 0.464 e. The molecule has 2 heterocycles. The molecule has 0 saturated carbocycles. The van der Waals surface area contributed by atoms with Crippen molar-refractivity contribution >= 4 is 11.6 Å². The van der Waals surface area contributed by atoms with Gasteiger partial charge in [-0.25, -0.2) is 0 Å². The molecule has 310 valence electrons. The van der Waals surface area contributed by atoms with Gasteiger partial charge in [-0.15, -0.1) is 0 Å². The summed E-state index contributed by atoms with van der Waals surface area (Å²) in [7, 11) is 1.65. The molecule has 0 aromatic heterocycles. The van der Waals surface area contributed by atoms with E-state index in [4.69, 9.17) is 44.8 Å². The molecule has 6 atom stereocenters. The Bertz CT molecular complexity index is 2220. The molecule has 6 aromatic carbocycles. The number of hydrogen-bond donors (Lipinski definition) is 0. The topological polar surface area (TPSA) is 64.6 Å². The van der Waals surface area contributed by atoms with E-state index < -0.39 is 36.3 Å². The van der Waals surface area contributed by atoms with E-state index in [0.29, 0.717) is 50.0 Å². The van der Waals surface area contributed by atoms with E-state index in [1.165, 1.54) is 5.56 Å². The maximum atomic E-state index is 7.61. The molecule has 1 fully saturated rings. The molecule has 1 saturated heterocycles. The maximum Gasteiger partial charge on any atom is 0.202 e. The summed E-state index contributed by atoms with van der Waals surface area (Å²) in [5, 5.41) is 0.599. The molecule has 7 nitrogen and oxygen atoms in total. The Kier molecular flexibility index (Phi) is 14.1. The Labute approximate surface area is 359 Å². The Morgan fingerprint density at radius 2 is 1.12 bits per heavy atom. The van der Waals surface area contributed by atoms with Crippen LogP contribution in [0.4, 0.5) is 0 Å². The smallest absolute Gasteiger partial charge is 0.202 e. The van der Waals surface area contributed by atoms with Gasteiger partial charge in [-0.05, 0) is 63.9 Å². The van der Waals surface area contributed by atoms with Crippen LogP contribution in [0.2, 0.25) is 5.02 Å². The zero-order chi connectivity index (χ0) is 41.2. The number of hydrogen-bond acceptors (Lipinski definition) is 7. The molecule has 6 aromatic rings. The van der Waals surface area contributed by atoms with Crippen molar-refractivity contribution in [3.8, 4) is 5.75 Å². The first-order chi connectivity index (χ1) is 29.5. The van der Waals surface area contributed by atoms with Gasteiger partial charge < -0.3 is 33.2 Å². The predicted molar refractivity (Wildman–Crippen MR) is 234 cm³/mol. The Morgan fingerprint density at radius 1 is 0.600 bits per heavy atom.